The Kier molecular flexibility index (Phi) is 3.23. The van der Waals surface area contributed by atoms with E-state index in [0.29, 0.717) is 6.10 Å². The summed E-state index contributed by atoms with van der Waals surface area (Å²) >= 11 is 0. The van der Waals surface area contributed by atoms with Gasteiger partial charge in [-0.25, -0.2) is 9.67 Å². The number of rotatable bonds is 4. The van der Waals surface area contributed by atoms with Crippen LogP contribution in [0.3, 0.4) is 0 Å². The molecule has 0 bridgehead atoms. The zero-order valence-electron chi connectivity index (χ0n) is 10.1. The molecule has 3 heterocycles. The zero-order valence-corrected chi connectivity index (χ0v) is 10.1. The Hall–Kier alpha value is -1.88. The van der Waals surface area contributed by atoms with Gasteiger partial charge < -0.3 is 10.1 Å². The minimum absolute atomic E-state index is 0.315. The third-order valence-corrected chi connectivity index (χ3v) is 3.05. The number of anilines is 1. The molecule has 1 fully saturated rings. The topological polar surface area (TPSA) is 52.0 Å². The van der Waals surface area contributed by atoms with E-state index in [1.165, 1.54) is 0 Å². The molecule has 0 radical (unpaired) electrons. The van der Waals surface area contributed by atoms with E-state index >= 15 is 0 Å². The van der Waals surface area contributed by atoms with Gasteiger partial charge in [0.15, 0.2) is 5.82 Å². The van der Waals surface area contributed by atoms with Crippen molar-refractivity contribution >= 4 is 5.69 Å². The van der Waals surface area contributed by atoms with Crippen LogP contribution in [-0.4, -0.2) is 34.0 Å². The van der Waals surface area contributed by atoms with Gasteiger partial charge in [-0.1, -0.05) is 0 Å². The Labute approximate surface area is 106 Å². The number of ether oxygens (including phenoxy) is 1. The van der Waals surface area contributed by atoms with Crippen molar-refractivity contribution in [3.05, 3.63) is 36.8 Å². The van der Waals surface area contributed by atoms with Crippen molar-refractivity contribution in [3.63, 3.8) is 0 Å². The highest BCUT2D eigenvalue weighted by molar-refractivity contribution is 5.56. The molecule has 5 heteroatoms. The number of hydrogen-bond acceptors (Lipinski definition) is 4. The maximum atomic E-state index is 5.60. The Morgan fingerprint density at radius 1 is 1.39 bits per heavy atom. The maximum absolute atomic E-state index is 5.60. The van der Waals surface area contributed by atoms with Crippen LogP contribution in [-0.2, 0) is 4.74 Å². The summed E-state index contributed by atoms with van der Waals surface area (Å²) in [5.74, 6) is 0.820. The summed E-state index contributed by atoms with van der Waals surface area (Å²) < 4.78 is 7.36. The lowest BCUT2D eigenvalue weighted by Gasteiger charge is -2.14. The van der Waals surface area contributed by atoms with Crippen LogP contribution in [0.2, 0.25) is 0 Å². The first-order valence-electron chi connectivity index (χ1n) is 6.24. The van der Waals surface area contributed by atoms with Crippen molar-refractivity contribution in [3.8, 4) is 5.82 Å². The summed E-state index contributed by atoms with van der Waals surface area (Å²) in [7, 11) is 0. The smallest absolute Gasteiger partial charge is 0.176 e. The quantitative estimate of drug-likeness (QED) is 0.892. The molecule has 1 aliphatic rings. The first-order chi connectivity index (χ1) is 8.93. The summed E-state index contributed by atoms with van der Waals surface area (Å²) in [4.78, 5) is 4.36. The molecule has 0 spiro atoms. The fourth-order valence-electron chi connectivity index (χ4n) is 2.14. The maximum Gasteiger partial charge on any atom is 0.176 e. The molecule has 2 aromatic rings. The molecular formula is C13H16N4O. The van der Waals surface area contributed by atoms with Gasteiger partial charge in [-0.2, -0.15) is 5.10 Å². The first kappa shape index (κ1) is 11.2. The number of hydrogen-bond donors (Lipinski definition) is 1. The average molecular weight is 244 g/mol. The van der Waals surface area contributed by atoms with Gasteiger partial charge in [0.1, 0.15) is 0 Å². The monoisotopic (exact) mass is 244 g/mol. The Bertz CT molecular complexity index is 491. The van der Waals surface area contributed by atoms with E-state index in [4.69, 9.17) is 4.74 Å². The zero-order chi connectivity index (χ0) is 12.2. The van der Waals surface area contributed by atoms with Crippen molar-refractivity contribution < 1.29 is 4.74 Å². The van der Waals surface area contributed by atoms with Gasteiger partial charge in [0, 0.05) is 31.7 Å². The van der Waals surface area contributed by atoms with Gasteiger partial charge in [0.05, 0.1) is 11.8 Å². The molecule has 0 amide bonds. The standard InChI is InChI=1S/C13H16N4O/c1-5-12(15-10-11-4-2-9-18-11)13(14-6-1)17-8-3-7-16-17/h1,3,5-8,11,15H,2,4,9-10H2. The van der Waals surface area contributed by atoms with Crippen LogP contribution in [0.1, 0.15) is 12.8 Å². The molecule has 0 aliphatic carbocycles. The van der Waals surface area contributed by atoms with Crippen LogP contribution in [0.5, 0.6) is 0 Å². The van der Waals surface area contributed by atoms with Crippen LogP contribution < -0.4 is 5.32 Å². The highest BCUT2D eigenvalue weighted by Gasteiger charge is 2.15. The third-order valence-electron chi connectivity index (χ3n) is 3.05. The summed E-state index contributed by atoms with van der Waals surface area (Å²) in [5.41, 5.74) is 0.983. The number of nitrogens with zero attached hydrogens (tertiary/aromatic N) is 3. The van der Waals surface area contributed by atoms with E-state index in [9.17, 15) is 0 Å². The fourth-order valence-corrected chi connectivity index (χ4v) is 2.14. The highest BCUT2D eigenvalue weighted by Crippen LogP contribution is 2.18. The third kappa shape index (κ3) is 2.36. The summed E-state index contributed by atoms with van der Waals surface area (Å²) in [6.07, 6.45) is 8.01. The van der Waals surface area contributed by atoms with E-state index in [2.05, 4.69) is 15.4 Å². The molecule has 0 aromatic carbocycles. The fraction of sp³-hybridized carbons (Fsp3) is 0.385. The second-order valence-corrected chi connectivity index (χ2v) is 4.34. The Morgan fingerprint density at radius 2 is 2.39 bits per heavy atom. The minimum atomic E-state index is 0.315. The number of nitrogens with one attached hydrogen (secondary N) is 1. The van der Waals surface area contributed by atoms with Crippen molar-refractivity contribution in [2.45, 2.75) is 18.9 Å². The molecule has 1 aliphatic heterocycles. The summed E-state index contributed by atoms with van der Waals surface area (Å²) in [6, 6.07) is 5.82. The van der Waals surface area contributed by atoms with E-state index in [0.717, 1.165) is 37.5 Å². The second-order valence-electron chi connectivity index (χ2n) is 4.34. The van der Waals surface area contributed by atoms with Crippen molar-refractivity contribution in [2.75, 3.05) is 18.5 Å². The normalized spacial score (nSPS) is 19.0. The van der Waals surface area contributed by atoms with Crippen LogP contribution in [0.25, 0.3) is 5.82 Å². The number of pyridine rings is 1. The largest absolute Gasteiger partial charge is 0.379 e. The van der Waals surface area contributed by atoms with E-state index in [1.54, 1.807) is 17.1 Å². The molecule has 18 heavy (non-hydrogen) atoms. The molecule has 1 unspecified atom stereocenters. The van der Waals surface area contributed by atoms with Gasteiger partial charge in [-0.3, -0.25) is 0 Å². The SMILES string of the molecule is c1cnc(-n2cccn2)c(NCC2CCCO2)c1. The van der Waals surface area contributed by atoms with Crippen LogP contribution in [0.15, 0.2) is 36.8 Å². The van der Waals surface area contributed by atoms with E-state index < -0.39 is 0 Å². The minimum Gasteiger partial charge on any atom is -0.379 e. The molecule has 1 saturated heterocycles. The van der Waals surface area contributed by atoms with Crippen molar-refractivity contribution in [2.24, 2.45) is 0 Å². The predicted octanol–water partition coefficient (Wildman–Crippen LogP) is 1.86. The molecule has 3 rings (SSSR count). The average Bonchev–Trinajstić information content (AvgIpc) is 3.10. The number of aromatic nitrogens is 3. The molecule has 1 N–H and O–H groups in total. The van der Waals surface area contributed by atoms with Gasteiger partial charge in [-0.15, -0.1) is 0 Å². The molecule has 1 atom stereocenters. The first-order valence-corrected chi connectivity index (χ1v) is 6.24. The Balaban J connectivity index is 1.75. The van der Waals surface area contributed by atoms with Gasteiger partial charge in [0.25, 0.3) is 0 Å². The lowest BCUT2D eigenvalue weighted by atomic mass is 10.2. The molecule has 5 nitrogen and oxygen atoms in total. The molecule has 2 aromatic heterocycles. The van der Waals surface area contributed by atoms with Crippen LogP contribution >= 0.6 is 0 Å². The van der Waals surface area contributed by atoms with Crippen molar-refractivity contribution in [1.82, 2.24) is 14.8 Å². The van der Waals surface area contributed by atoms with Gasteiger partial charge in [-0.05, 0) is 31.0 Å². The highest BCUT2D eigenvalue weighted by atomic mass is 16.5. The Morgan fingerprint density at radius 3 is 3.17 bits per heavy atom. The van der Waals surface area contributed by atoms with Crippen LogP contribution in [0, 0.1) is 0 Å². The lowest BCUT2D eigenvalue weighted by molar-refractivity contribution is 0.120. The van der Waals surface area contributed by atoms with Crippen molar-refractivity contribution in [1.29, 1.82) is 0 Å². The molecule has 94 valence electrons. The lowest BCUT2D eigenvalue weighted by Crippen LogP contribution is -2.19. The molecule has 0 saturated carbocycles. The second kappa shape index (κ2) is 5.18. The van der Waals surface area contributed by atoms with E-state index in [1.807, 2.05) is 24.4 Å². The molecular weight excluding hydrogens is 228 g/mol. The van der Waals surface area contributed by atoms with Crippen LogP contribution in [0.4, 0.5) is 5.69 Å². The van der Waals surface area contributed by atoms with E-state index in [-0.39, 0.29) is 0 Å². The van der Waals surface area contributed by atoms with Gasteiger partial charge in [0.2, 0.25) is 0 Å². The summed E-state index contributed by atoms with van der Waals surface area (Å²) in [5, 5.41) is 7.60. The summed E-state index contributed by atoms with van der Waals surface area (Å²) in [6.45, 7) is 1.70. The van der Waals surface area contributed by atoms with Gasteiger partial charge >= 0.3 is 0 Å². The predicted molar refractivity (Wildman–Crippen MR) is 68.8 cm³/mol.